The van der Waals surface area contributed by atoms with Gasteiger partial charge in [0, 0.05) is 30.6 Å². The maximum atomic E-state index is 11.6. The molecule has 4 nitrogen and oxygen atoms in total. The summed E-state index contributed by atoms with van der Waals surface area (Å²) in [6.45, 7) is 6.97. The van der Waals surface area contributed by atoms with Crippen LogP contribution in [0, 0.1) is 6.92 Å². The molecule has 1 fully saturated rings. The second-order valence-electron chi connectivity index (χ2n) is 4.87. The van der Waals surface area contributed by atoms with Crippen molar-refractivity contribution in [2.45, 2.75) is 39.3 Å². The third-order valence-electron chi connectivity index (χ3n) is 3.54. The third kappa shape index (κ3) is 3.94. The molecular weight excluding hydrogens is 260 g/mol. The van der Waals surface area contributed by atoms with Crippen molar-refractivity contribution in [3.63, 3.8) is 0 Å². The number of likely N-dealkylation sites (tertiary alicyclic amines) is 1. The Labute approximate surface area is 118 Å². The maximum Gasteiger partial charge on any atom is 0.409 e. The summed E-state index contributed by atoms with van der Waals surface area (Å²) >= 11 is 1.80. The number of carbonyl (C=O) groups is 1. The summed E-state index contributed by atoms with van der Waals surface area (Å²) in [4.78, 5) is 14.8. The van der Waals surface area contributed by atoms with E-state index in [1.165, 1.54) is 10.4 Å². The SMILES string of the molecule is CCOC(=O)N1CCC(NCc2sccc2C)CC1. The molecule has 0 unspecified atom stereocenters. The molecule has 1 aliphatic heterocycles. The summed E-state index contributed by atoms with van der Waals surface area (Å²) in [7, 11) is 0. The molecule has 1 aromatic rings. The normalized spacial score (nSPS) is 16.6. The highest BCUT2D eigenvalue weighted by Gasteiger charge is 2.23. The molecule has 1 N–H and O–H groups in total. The van der Waals surface area contributed by atoms with E-state index in [1.807, 2.05) is 6.92 Å². The monoisotopic (exact) mass is 282 g/mol. The maximum absolute atomic E-state index is 11.6. The van der Waals surface area contributed by atoms with E-state index in [4.69, 9.17) is 4.74 Å². The van der Waals surface area contributed by atoms with Crippen LogP contribution in [0.15, 0.2) is 11.4 Å². The summed E-state index contributed by atoms with van der Waals surface area (Å²) in [6, 6.07) is 2.66. The lowest BCUT2D eigenvalue weighted by Crippen LogP contribution is -2.44. The van der Waals surface area contributed by atoms with Gasteiger partial charge in [0.25, 0.3) is 0 Å². The van der Waals surface area contributed by atoms with E-state index in [0.717, 1.165) is 32.5 Å². The van der Waals surface area contributed by atoms with Crippen LogP contribution in [0.3, 0.4) is 0 Å². The minimum atomic E-state index is -0.171. The Morgan fingerprint density at radius 3 is 2.84 bits per heavy atom. The quantitative estimate of drug-likeness (QED) is 0.923. The lowest BCUT2D eigenvalue weighted by molar-refractivity contribution is 0.0950. The van der Waals surface area contributed by atoms with Crippen molar-refractivity contribution >= 4 is 17.4 Å². The molecule has 0 spiro atoms. The van der Waals surface area contributed by atoms with Crippen LogP contribution in [0.25, 0.3) is 0 Å². The number of hydrogen-bond donors (Lipinski definition) is 1. The molecule has 0 atom stereocenters. The van der Waals surface area contributed by atoms with Gasteiger partial charge >= 0.3 is 6.09 Å². The van der Waals surface area contributed by atoms with Crippen molar-refractivity contribution < 1.29 is 9.53 Å². The first kappa shape index (κ1) is 14.3. The van der Waals surface area contributed by atoms with E-state index in [-0.39, 0.29) is 6.09 Å². The van der Waals surface area contributed by atoms with Gasteiger partial charge in [0.1, 0.15) is 0 Å². The summed E-state index contributed by atoms with van der Waals surface area (Å²) in [5.41, 5.74) is 1.36. The minimum absolute atomic E-state index is 0.171. The smallest absolute Gasteiger partial charge is 0.409 e. The number of rotatable bonds is 4. The molecule has 19 heavy (non-hydrogen) atoms. The average molecular weight is 282 g/mol. The zero-order chi connectivity index (χ0) is 13.7. The predicted octanol–water partition coefficient (Wildman–Crippen LogP) is 2.77. The molecule has 0 aliphatic carbocycles. The van der Waals surface area contributed by atoms with Gasteiger partial charge in [-0.3, -0.25) is 0 Å². The number of carbonyl (C=O) groups excluding carboxylic acids is 1. The fraction of sp³-hybridized carbons (Fsp3) is 0.643. The van der Waals surface area contributed by atoms with Gasteiger partial charge in [-0.25, -0.2) is 4.79 Å². The Balaban J connectivity index is 1.72. The number of amides is 1. The minimum Gasteiger partial charge on any atom is -0.450 e. The van der Waals surface area contributed by atoms with Gasteiger partial charge in [-0.15, -0.1) is 11.3 Å². The van der Waals surface area contributed by atoms with Gasteiger partial charge in [-0.05, 0) is 43.7 Å². The van der Waals surface area contributed by atoms with Gasteiger partial charge in [0.15, 0.2) is 0 Å². The summed E-state index contributed by atoms with van der Waals surface area (Å²) < 4.78 is 5.02. The van der Waals surface area contributed by atoms with Crippen LogP contribution in [0.1, 0.15) is 30.2 Å². The van der Waals surface area contributed by atoms with Crippen molar-refractivity contribution in [3.05, 3.63) is 21.9 Å². The molecule has 1 saturated heterocycles. The fourth-order valence-electron chi connectivity index (χ4n) is 2.30. The lowest BCUT2D eigenvalue weighted by atomic mass is 10.1. The highest BCUT2D eigenvalue weighted by molar-refractivity contribution is 7.10. The first-order valence-electron chi connectivity index (χ1n) is 6.88. The van der Waals surface area contributed by atoms with Crippen LogP contribution in [-0.4, -0.2) is 36.7 Å². The van der Waals surface area contributed by atoms with Gasteiger partial charge < -0.3 is 15.0 Å². The fourth-order valence-corrected chi connectivity index (χ4v) is 3.16. The highest BCUT2D eigenvalue weighted by atomic mass is 32.1. The molecule has 0 saturated carbocycles. The third-order valence-corrected chi connectivity index (χ3v) is 4.56. The van der Waals surface area contributed by atoms with Crippen LogP contribution in [0.4, 0.5) is 4.79 Å². The number of piperidine rings is 1. The molecule has 106 valence electrons. The Bertz CT molecular complexity index is 411. The van der Waals surface area contributed by atoms with E-state index in [1.54, 1.807) is 16.2 Å². The first-order valence-corrected chi connectivity index (χ1v) is 7.76. The Morgan fingerprint density at radius 1 is 1.53 bits per heavy atom. The summed E-state index contributed by atoms with van der Waals surface area (Å²) in [5.74, 6) is 0. The topological polar surface area (TPSA) is 41.6 Å². The molecule has 0 bridgehead atoms. The molecule has 2 rings (SSSR count). The second kappa shape index (κ2) is 6.91. The second-order valence-corrected chi connectivity index (χ2v) is 5.87. The number of thiophene rings is 1. The Morgan fingerprint density at radius 2 is 2.26 bits per heavy atom. The number of nitrogens with one attached hydrogen (secondary N) is 1. The summed E-state index contributed by atoms with van der Waals surface area (Å²) in [6.07, 6.45) is 1.84. The Hall–Kier alpha value is -1.07. The van der Waals surface area contributed by atoms with Gasteiger partial charge in [-0.2, -0.15) is 0 Å². The first-order chi connectivity index (χ1) is 9.20. The van der Waals surface area contributed by atoms with Crippen molar-refractivity contribution in [3.8, 4) is 0 Å². The summed E-state index contributed by atoms with van der Waals surface area (Å²) in [5, 5.41) is 5.72. The number of aryl methyl sites for hydroxylation is 1. The van der Waals surface area contributed by atoms with Crippen LogP contribution >= 0.6 is 11.3 Å². The number of nitrogens with zero attached hydrogens (tertiary/aromatic N) is 1. The van der Waals surface area contributed by atoms with E-state index in [0.29, 0.717) is 12.6 Å². The molecule has 1 aromatic heterocycles. The van der Waals surface area contributed by atoms with Crippen LogP contribution < -0.4 is 5.32 Å². The predicted molar refractivity (Wildman–Crippen MR) is 77.5 cm³/mol. The van der Waals surface area contributed by atoms with Gasteiger partial charge in [0.2, 0.25) is 0 Å². The number of hydrogen-bond acceptors (Lipinski definition) is 4. The van der Waals surface area contributed by atoms with Crippen molar-refractivity contribution in [2.75, 3.05) is 19.7 Å². The Kier molecular flexibility index (Phi) is 5.22. The van der Waals surface area contributed by atoms with E-state index < -0.39 is 0 Å². The highest BCUT2D eigenvalue weighted by Crippen LogP contribution is 2.17. The zero-order valence-corrected chi connectivity index (χ0v) is 12.5. The molecule has 2 heterocycles. The van der Waals surface area contributed by atoms with Crippen LogP contribution in [-0.2, 0) is 11.3 Å². The lowest BCUT2D eigenvalue weighted by Gasteiger charge is -2.31. The van der Waals surface area contributed by atoms with Crippen LogP contribution in [0.5, 0.6) is 0 Å². The van der Waals surface area contributed by atoms with Gasteiger partial charge in [0.05, 0.1) is 6.61 Å². The van der Waals surface area contributed by atoms with Crippen molar-refractivity contribution in [1.29, 1.82) is 0 Å². The zero-order valence-electron chi connectivity index (χ0n) is 11.6. The van der Waals surface area contributed by atoms with Crippen molar-refractivity contribution in [1.82, 2.24) is 10.2 Å². The van der Waals surface area contributed by atoms with Crippen LogP contribution in [0.2, 0.25) is 0 Å². The van der Waals surface area contributed by atoms with E-state index in [2.05, 4.69) is 23.7 Å². The van der Waals surface area contributed by atoms with E-state index in [9.17, 15) is 4.79 Å². The van der Waals surface area contributed by atoms with E-state index >= 15 is 0 Å². The molecular formula is C14H22N2O2S. The molecule has 1 aliphatic rings. The molecule has 5 heteroatoms. The standard InChI is InChI=1S/C14H22N2O2S/c1-3-18-14(17)16-7-4-12(5-8-16)15-10-13-11(2)6-9-19-13/h6,9,12,15H,3-5,7-8,10H2,1-2H3. The molecule has 0 radical (unpaired) electrons. The van der Waals surface area contributed by atoms with Gasteiger partial charge in [-0.1, -0.05) is 0 Å². The molecule has 1 amide bonds. The average Bonchev–Trinajstić information content (AvgIpc) is 2.83. The van der Waals surface area contributed by atoms with Crippen molar-refractivity contribution in [2.24, 2.45) is 0 Å². The number of ether oxygens (including phenoxy) is 1. The molecule has 0 aromatic carbocycles. The largest absolute Gasteiger partial charge is 0.450 e.